The van der Waals surface area contributed by atoms with Gasteiger partial charge in [-0.1, -0.05) is 49.4 Å². The average Bonchev–Trinajstić information content (AvgIpc) is 2.74. The molecule has 0 aliphatic carbocycles. The Morgan fingerprint density at radius 2 is 1.59 bits per heavy atom. The summed E-state index contributed by atoms with van der Waals surface area (Å²) >= 11 is 0. The molecule has 174 valence electrons. The summed E-state index contributed by atoms with van der Waals surface area (Å²) in [6.07, 6.45) is 1.86. The fraction of sp³-hybridized carbons (Fsp3) is 0.417. The molecular formula is C24H33N3O4S. The van der Waals surface area contributed by atoms with E-state index in [2.05, 4.69) is 5.32 Å². The number of anilines is 1. The van der Waals surface area contributed by atoms with Crippen molar-refractivity contribution < 1.29 is 18.0 Å². The monoisotopic (exact) mass is 459 g/mol. The van der Waals surface area contributed by atoms with Crippen LogP contribution in [0.3, 0.4) is 0 Å². The molecule has 2 amide bonds. The number of rotatable bonds is 10. The van der Waals surface area contributed by atoms with Gasteiger partial charge in [-0.3, -0.25) is 13.9 Å². The molecule has 1 atom stereocenters. The zero-order valence-electron chi connectivity index (χ0n) is 19.5. The molecule has 8 heteroatoms. The third-order valence-corrected chi connectivity index (χ3v) is 6.51. The number of carbonyl (C=O) groups is 2. The Morgan fingerprint density at radius 1 is 1.00 bits per heavy atom. The highest BCUT2D eigenvalue weighted by atomic mass is 32.2. The van der Waals surface area contributed by atoms with Crippen LogP contribution in [0.25, 0.3) is 0 Å². The van der Waals surface area contributed by atoms with Gasteiger partial charge in [-0.15, -0.1) is 0 Å². The van der Waals surface area contributed by atoms with Crippen LogP contribution in [0.4, 0.5) is 5.69 Å². The van der Waals surface area contributed by atoms with E-state index in [0.717, 1.165) is 33.7 Å². The summed E-state index contributed by atoms with van der Waals surface area (Å²) < 4.78 is 26.3. The lowest BCUT2D eigenvalue weighted by molar-refractivity contribution is -0.139. The van der Waals surface area contributed by atoms with Crippen molar-refractivity contribution >= 4 is 27.5 Å². The number of para-hydroxylation sites is 1. The number of aryl methyl sites for hydroxylation is 2. The van der Waals surface area contributed by atoms with Gasteiger partial charge in [0.05, 0.1) is 11.9 Å². The fourth-order valence-electron chi connectivity index (χ4n) is 3.39. The van der Waals surface area contributed by atoms with E-state index in [-0.39, 0.29) is 19.0 Å². The average molecular weight is 460 g/mol. The minimum absolute atomic E-state index is 0.206. The van der Waals surface area contributed by atoms with Gasteiger partial charge in [-0.25, -0.2) is 8.42 Å². The van der Waals surface area contributed by atoms with E-state index < -0.39 is 22.0 Å². The topological polar surface area (TPSA) is 86.8 Å². The van der Waals surface area contributed by atoms with E-state index in [9.17, 15) is 18.0 Å². The highest BCUT2D eigenvalue weighted by Gasteiger charge is 2.30. The third kappa shape index (κ3) is 6.56. The smallest absolute Gasteiger partial charge is 0.244 e. The summed E-state index contributed by atoms with van der Waals surface area (Å²) in [5.41, 5.74) is 3.08. The zero-order valence-corrected chi connectivity index (χ0v) is 20.3. The van der Waals surface area contributed by atoms with Gasteiger partial charge in [0.25, 0.3) is 0 Å². The molecule has 2 aromatic rings. The van der Waals surface area contributed by atoms with Crippen LogP contribution in [0, 0.1) is 13.8 Å². The molecule has 0 unspecified atom stereocenters. The number of hydrogen-bond donors (Lipinski definition) is 1. The van der Waals surface area contributed by atoms with Gasteiger partial charge >= 0.3 is 0 Å². The van der Waals surface area contributed by atoms with Gasteiger partial charge in [0.2, 0.25) is 21.8 Å². The molecule has 0 saturated carbocycles. The molecule has 7 nitrogen and oxygen atoms in total. The minimum Gasteiger partial charge on any atom is -0.354 e. The van der Waals surface area contributed by atoms with Crippen molar-refractivity contribution in [3.8, 4) is 0 Å². The van der Waals surface area contributed by atoms with Gasteiger partial charge in [-0.2, -0.15) is 0 Å². The maximum absolute atomic E-state index is 13.5. The molecule has 0 spiro atoms. The molecule has 2 aromatic carbocycles. The van der Waals surface area contributed by atoms with E-state index in [4.69, 9.17) is 0 Å². The summed E-state index contributed by atoms with van der Waals surface area (Å²) in [6.45, 7) is 7.68. The Labute approximate surface area is 191 Å². The number of amides is 2. The van der Waals surface area contributed by atoms with Crippen molar-refractivity contribution in [1.29, 1.82) is 0 Å². The van der Waals surface area contributed by atoms with Crippen LogP contribution in [0.1, 0.15) is 37.0 Å². The second kappa shape index (κ2) is 11.1. The van der Waals surface area contributed by atoms with Crippen LogP contribution in [0.5, 0.6) is 0 Å². The molecule has 0 radical (unpaired) electrons. The van der Waals surface area contributed by atoms with Gasteiger partial charge in [0.15, 0.2) is 0 Å². The first-order valence-electron chi connectivity index (χ1n) is 10.7. The summed E-state index contributed by atoms with van der Waals surface area (Å²) in [5, 5.41) is 2.83. The lowest BCUT2D eigenvalue weighted by Crippen LogP contribution is -2.51. The predicted molar refractivity (Wildman–Crippen MR) is 128 cm³/mol. The number of hydrogen-bond acceptors (Lipinski definition) is 4. The summed E-state index contributed by atoms with van der Waals surface area (Å²) in [7, 11) is -3.72. The van der Waals surface area contributed by atoms with Crippen molar-refractivity contribution in [1.82, 2.24) is 10.2 Å². The molecule has 0 aliphatic heterocycles. The molecular weight excluding hydrogens is 426 g/mol. The highest BCUT2D eigenvalue weighted by Crippen LogP contribution is 2.23. The van der Waals surface area contributed by atoms with Gasteiger partial charge in [-0.05, 0) is 49.9 Å². The molecule has 0 heterocycles. The predicted octanol–water partition coefficient (Wildman–Crippen LogP) is 3.01. The Balaban J connectivity index is 2.40. The van der Waals surface area contributed by atoms with Gasteiger partial charge in [0, 0.05) is 13.1 Å². The Bertz CT molecular complexity index is 1050. The second-order valence-electron chi connectivity index (χ2n) is 7.97. The van der Waals surface area contributed by atoms with Crippen LogP contribution < -0.4 is 9.62 Å². The first-order chi connectivity index (χ1) is 15.1. The second-order valence-corrected chi connectivity index (χ2v) is 9.88. The molecule has 0 bridgehead atoms. The SMILES string of the molecule is CCCNC(=O)[C@@H](C)N(Cc1ccccc1C)C(=O)CN(c1ccccc1C)S(C)(=O)=O. The quantitative estimate of drug-likeness (QED) is 0.592. The lowest BCUT2D eigenvalue weighted by Gasteiger charge is -2.32. The number of benzene rings is 2. The van der Waals surface area contributed by atoms with Crippen LogP contribution in [-0.2, 0) is 26.2 Å². The first-order valence-corrected chi connectivity index (χ1v) is 12.6. The Kier molecular flexibility index (Phi) is 8.83. The molecule has 0 saturated heterocycles. The van der Waals surface area contributed by atoms with Gasteiger partial charge in [0.1, 0.15) is 12.6 Å². The maximum Gasteiger partial charge on any atom is 0.244 e. The van der Waals surface area contributed by atoms with Crippen molar-refractivity contribution in [2.24, 2.45) is 0 Å². The van der Waals surface area contributed by atoms with Gasteiger partial charge < -0.3 is 10.2 Å². The normalized spacial score (nSPS) is 12.2. The number of nitrogens with zero attached hydrogens (tertiary/aromatic N) is 2. The molecule has 32 heavy (non-hydrogen) atoms. The third-order valence-electron chi connectivity index (χ3n) is 5.38. The Hall–Kier alpha value is -2.87. The van der Waals surface area contributed by atoms with Crippen molar-refractivity contribution in [2.75, 3.05) is 23.7 Å². The highest BCUT2D eigenvalue weighted by molar-refractivity contribution is 7.92. The van der Waals surface area contributed by atoms with E-state index in [1.807, 2.05) is 44.2 Å². The summed E-state index contributed by atoms with van der Waals surface area (Å²) in [4.78, 5) is 27.6. The number of nitrogens with one attached hydrogen (secondary N) is 1. The molecule has 2 rings (SSSR count). The van der Waals surface area contributed by atoms with Crippen LogP contribution in [-0.4, -0.2) is 50.5 Å². The lowest BCUT2D eigenvalue weighted by atomic mass is 10.1. The number of sulfonamides is 1. The van der Waals surface area contributed by atoms with Crippen LogP contribution in [0.15, 0.2) is 48.5 Å². The first kappa shape index (κ1) is 25.4. The molecule has 1 N–H and O–H groups in total. The zero-order chi connectivity index (χ0) is 23.9. The minimum atomic E-state index is -3.72. The Morgan fingerprint density at radius 3 is 2.16 bits per heavy atom. The van der Waals surface area contributed by atoms with E-state index in [1.165, 1.54) is 4.90 Å². The van der Waals surface area contributed by atoms with Crippen molar-refractivity contribution in [3.63, 3.8) is 0 Å². The van der Waals surface area contributed by atoms with Crippen molar-refractivity contribution in [2.45, 2.75) is 46.7 Å². The van der Waals surface area contributed by atoms with E-state index in [0.29, 0.717) is 12.2 Å². The van der Waals surface area contributed by atoms with E-state index >= 15 is 0 Å². The summed E-state index contributed by atoms with van der Waals surface area (Å²) in [5.74, 6) is -0.711. The number of carbonyl (C=O) groups excluding carboxylic acids is 2. The molecule has 0 fully saturated rings. The standard InChI is InChI=1S/C24H33N3O4S/c1-6-15-25-24(29)20(4)26(16-21-13-9-7-11-18(21)2)23(28)17-27(32(5,30)31)22-14-10-8-12-19(22)3/h7-14,20H,6,15-17H2,1-5H3,(H,25,29)/t20-/m1/s1. The largest absolute Gasteiger partial charge is 0.354 e. The van der Waals surface area contributed by atoms with Crippen LogP contribution >= 0.6 is 0 Å². The maximum atomic E-state index is 13.5. The molecule has 0 aromatic heterocycles. The van der Waals surface area contributed by atoms with E-state index in [1.54, 1.807) is 32.0 Å². The summed E-state index contributed by atoms with van der Waals surface area (Å²) in [6, 6.07) is 13.9. The van der Waals surface area contributed by atoms with Crippen LogP contribution in [0.2, 0.25) is 0 Å². The molecule has 0 aliphatic rings. The fourth-order valence-corrected chi connectivity index (χ4v) is 4.29. The van der Waals surface area contributed by atoms with Crippen molar-refractivity contribution in [3.05, 3.63) is 65.2 Å².